The number of hydrogen-bond donors (Lipinski definition) is 1. The number of unbranched alkanes of at least 4 members (excludes halogenated alkanes) is 18. The third kappa shape index (κ3) is 29.9. The van der Waals surface area contributed by atoms with Crippen molar-refractivity contribution in [1.29, 1.82) is 0 Å². The topological polar surface area (TPSA) is 99.1 Å². The van der Waals surface area contributed by atoms with Crippen LogP contribution in [0.15, 0.2) is 12.2 Å². The van der Waals surface area contributed by atoms with E-state index in [0.29, 0.717) is 19.3 Å². The van der Waals surface area contributed by atoms with E-state index in [1.54, 1.807) is 0 Å². The molecular formula is C39H74NO7+. The van der Waals surface area contributed by atoms with Gasteiger partial charge in [0.05, 0.1) is 34.4 Å². The smallest absolute Gasteiger partial charge is 0.362 e. The van der Waals surface area contributed by atoms with Gasteiger partial charge in [-0.25, -0.2) is 4.79 Å². The Kier molecular flexibility index (Phi) is 30.1. The highest BCUT2D eigenvalue weighted by atomic mass is 16.6. The Balaban J connectivity index is 4.42. The Morgan fingerprint density at radius 3 is 1.60 bits per heavy atom. The monoisotopic (exact) mass is 669 g/mol. The van der Waals surface area contributed by atoms with E-state index in [2.05, 4.69) is 26.0 Å². The van der Waals surface area contributed by atoms with E-state index >= 15 is 0 Å². The number of quaternary nitrogens is 1. The number of nitrogens with zero attached hydrogens (tertiary/aromatic N) is 1. The number of esters is 2. The van der Waals surface area contributed by atoms with Gasteiger partial charge in [0.1, 0.15) is 6.61 Å². The molecule has 0 aliphatic heterocycles. The number of aliphatic carboxylic acids is 1. The van der Waals surface area contributed by atoms with Gasteiger partial charge in [-0.05, 0) is 32.1 Å². The summed E-state index contributed by atoms with van der Waals surface area (Å²) in [6.45, 7) is 4.68. The summed E-state index contributed by atoms with van der Waals surface area (Å²) in [6, 6.07) is -0.609. The highest BCUT2D eigenvalue weighted by molar-refractivity contribution is 5.72. The quantitative estimate of drug-likeness (QED) is 0.0315. The Morgan fingerprint density at radius 1 is 0.617 bits per heavy atom. The summed E-state index contributed by atoms with van der Waals surface area (Å²) in [6.07, 6.45) is 29.6. The molecule has 1 N–H and O–H groups in total. The summed E-state index contributed by atoms with van der Waals surface area (Å²) in [5.74, 6) is -1.47. The molecule has 0 spiro atoms. The maximum atomic E-state index is 12.6. The number of ether oxygens (including phenoxy) is 3. The zero-order valence-electron chi connectivity index (χ0n) is 31.2. The first kappa shape index (κ1) is 45.1. The fourth-order valence-corrected chi connectivity index (χ4v) is 5.60. The van der Waals surface area contributed by atoms with E-state index in [1.165, 1.54) is 89.9 Å². The number of carbonyl (C=O) groups is 3. The Morgan fingerprint density at radius 2 is 1.09 bits per heavy atom. The third-order valence-electron chi connectivity index (χ3n) is 8.66. The van der Waals surface area contributed by atoms with Crippen molar-refractivity contribution in [2.75, 3.05) is 41.0 Å². The molecule has 276 valence electrons. The minimum absolute atomic E-state index is 0.0505. The van der Waals surface area contributed by atoms with Gasteiger partial charge >= 0.3 is 17.9 Å². The number of carboxylic acid groups (broad SMARTS) is 1. The van der Waals surface area contributed by atoms with E-state index in [9.17, 15) is 19.5 Å². The molecule has 8 nitrogen and oxygen atoms in total. The van der Waals surface area contributed by atoms with Crippen LogP contribution in [0.4, 0.5) is 0 Å². The molecule has 0 aromatic rings. The predicted octanol–water partition coefficient (Wildman–Crippen LogP) is 9.58. The van der Waals surface area contributed by atoms with E-state index in [0.717, 1.165) is 44.9 Å². The number of hydrogen-bond acceptors (Lipinski definition) is 6. The summed E-state index contributed by atoms with van der Waals surface area (Å²) in [5, 5.41) is 9.57. The van der Waals surface area contributed by atoms with Gasteiger partial charge in [0, 0.05) is 19.3 Å². The van der Waals surface area contributed by atoms with E-state index in [4.69, 9.17) is 14.2 Å². The van der Waals surface area contributed by atoms with Crippen LogP contribution in [0, 0.1) is 0 Å². The second-order valence-electron chi connectivity index (χ2n) is 14.2. The zero-order chi connectivity index (χ0) is 35.0. The number of likely N-dealkylation sites (N-methyl/N-ethyl adjacent to an activating group) is 1. The number of rotatable bonds is 34. The molecule has 8 heteroatoms. The van der Waals surface area contributed by atoms with E-state index in [-0.39, 0.29) is 36.2 Å². The molecule has 2 unspecified atom stereocenters. The van der Waals surface area contributed by atoms with Crippen molar-refractivity contribution in [3.8, 4) is 0 Å². The fraction of sp³-hybridized carbons (Fsp3) is 0.872. The van der Waals surface area contributed by atoms with Gasteiger partial charge in [-0.3, -0.25) is 9.59 Å². The Labute approximate surface area is 289 Å². The standard InChI is InChI=1S/C39H73NO7/c1-6-8-10-12-14-16-18-20-22-24-26-28-30-38(42)47-35(33-45-32-31-36(39(43)44)40(3,4)5)34-46-37(41)29-27-25-23-21-19-17-15-13-11-9-7-2/h13,15,35-36H,6-12,14,16-34H2,1-5H3/p+1/b15-13+. The molecule has 0 radical (unpaired) electrons. The highest BCUT2D eigenvalue weighted by Crippen LogP contribution is 2.14. The average molecular weight is 669 g/mol. The molecular weight excluding hydrogens is 594 g/mol. The van der Waals surface area contributed by atoms with Crippen molar-refractivity contribution >= 4 is 17.9 Å². The minimum Gasteiger partial charge on any atom is -0.477 e. The maximum Gasteiger partial charge on any atom is 0.362 e. The van der Waals surface area contributed by atoms with Crippen LogP contribution in [-0.2, 0) is 28.6 Å². The van der Waals surface area contributed by atoms with Gasteiger partial charge in [-0.15, -0.1) is 0 Å². The van der Waals surface area contributed by atoms with Gasteiger partial charge in [0.2, 0.25) is 0 Å². The van der Waals surface area contributed by atoms with Crippen LogP contribution in [0.3, 0.4) is 0 Å². The first-order valence-corrected chi connectivity index (χ1v) is 19.2. The Bertz CT molecular complexity index is 793. The van der Waals surface area contributed by atoms with E-state index in [1.807, 2.05) is 21.1 Å². The highest BCUT2D eigenvalue weighted by Gasteiger charge is 2.31. The summed E-state index contributed by atoms with van der Waals surface area (Å²) < 4.78 is 17.2. The Hall–Kier alpha value is -1.93. The van der Waals surface area contributed by atoms with Crippen LogP contribution < -0.4 is 0 Å². The molecule has 0 aliphatic carbocycles. The minimum atomic E-state index is -0.875. The van der Waals surface area contributed by atoms with Crippen LogP contribution >= 0.6 is 0 Å². The van der Waals surface area contributed by atoms with Crippen molar-refractivity contribution in [3.63, 3.8) is 0 Å². The lowest BCUT2D eigenvalue weighted by molar-refractivity contribution is -0.887. The predicted molar refractivity (Wildman–Crippen MR) is 192 cm³/mol. The van der Waals surface area contributed by atoms with Gasteiger partial charge in [0.15, 0.2) is 12.1 Å². The van der Waals surface area contributed by atoms with Crippen LogP contribution in [0.1, 0.15) is 168 Å². The van der Waals surface area contributed by atoms with Gasteiger partial charge < -0.3 is 23.8 Å². The summed E-state index contributed by atoms with van der Waals surface area (Å²) in [4.78, 5) is 36.7. The molecule has 0 fully saturated rings. The summed E-state index contributed by atoms with van der Waals surface area (Å²) >= 11 is 0. The third-order valence-corrected chi connectivity index (χ3v) is 8.66. The van der Waals surface area contributed by atoms with Crippen LogP contribution in [0.25, 0.3) is 0 Å². The van der Waals surface area contributed by atoms with Crippen molar-refractivity contribution in [3.05, 3.63) is 12.2 Å². The SMILES string of the molecule is CCCC/C=C/CCCCCCCC(=O)OCC(COCCC(C(=O)O)[N+](C)(C)C)OC(=O)CCCCCCCCCCCCCC. The first-order valence-electron chi connectivity index (χ1n) is 19.2. The maximum absolute atomic E-state index is 12.6. The molecule has 0 aromatic carbocycles. The van der Waals surface area contributed by atoms with Gasteiger partial charge in [0.25, 0.3) is 0 Å². The lowest BCUT2D eigenvalue weighted by atomic mass is 10.0. The van der Waals surface area contributed by atoms with Crippen molar-refractivity contribution in [2.45, 2.75) is 180 Å². The van der Waals surface area contributed by atoms with Gasteiger partial charge in [-0.1, -0.05) is 129 Å². The number of carbonyl (C=O) groups excluding carboxylic acids is 2. The summed E-state index contributed by atoms with van der Waals surface area (Å²) in [7, 11) is 5.52. The van der Waals surface area contributed by atoms with Crippen LogP contribution in [-0.4, -0.2) is 80.6 Å². The van der Waals surface area contributed by atoms with Crippen molar-refractivity contribution in [1.82, 2.24) is 0 Å². The zero-order valence-corrected chi connectivity index (χ0v) is 31.2. The molecule has 0 saturated heterocycles. The van der Waals surface area contributed by atoms with E-state index < -0.39 is 18.1 Å². The fourth-order valence-electron chi connectivity index (χ4n) is 5.60. The average Bonchev–Trinajstić information content (AvgIpc) is 3.01. The molecule has 0 rings (SSSR count). The van der Waals surface area contributed by atoms with Gasteiger partial charge in [-0.2, -0.15) is 0 Å². The first-order chi connectivity index (χ1) is 22.6. The van der Waals surface area contributed by atoms with Crippen LogP contribution in [0.2, 0.25) is 0 Å². The normalized spacial score (nSPS) is 13.1. The molecule has 0 heterocycles. The largest absolute Gasteiger partial charge is 0.477 e. The van der Waals surface area contributed by atoms with Crippen molar-refractivity contribution in [2.24, 2.45) is 0 Å². The second-order valence-corrected chi connectivity index (χ2v) is 14.2. The van der Waals surface area contributed by atoms with Crippen LogP contribution in [0.5, 0.6) is 0 Å². The lowest BCUT2D eigenvalue weighted by Gasteiger charge is -2.31. The summed E-state index contributed by atoms with van der Waals surface area (Å²) in [5.41, 5.74) is 0. The number of allylic oxidation sites excluding steroid dienone is 2. The molecule has 0 bridgehead atoms. The molecule has 0 saturated carbocycles. The van der Waals surface area contributed by atoms with Crippen molar-refractivity contribution < 1.29 is 38.2 Å². The molecule has 47 heavy (non-hydrogen) atoms. The second kappa shape index (κ2) is 31.3. The number of carboxylic acids is 1. The lowest BCUT2D eigenvalue weighted by Crippen LogP contribution is -2.50. The molecule has 0 aliphatic rings. The molecule has 0 aromatic heterocycles. The molecule has 0 amide bonds. The molecule has 2 atom stereocenters.